The Labute approximate surface area is 241 Å². The molecule has 0 bridgehead atoms. The molecule has 1 fully saturated rings. The number of amides is 2. The average molecular weight is 595 g/mol. The van der Waals surface area contributed by atoms with Crippen LogP contribution in [0.4, 0.5) is 16.3 Å². The Morgan fingerprint density at radius 3 is 2.55 bits per heavy atom. The normalized spacial score (nSPS) is 14.6. The maximum Gasteiger partial charge on any atom is 0.322 e. The minimum Gasteiger partial charge on any atom is -0.378 e. The van der Waals surface area contributed by atoms with Gasteiger partial charge in [0.05, 0.1) is 55.8 Å². The molecule has 0 radical (unpaired) electrons. The molecule has 5 heterocycles. The highest BCUT2D eigenvalue weighted by Crippen LogP contribution is 2.31. The first-order chi connectivity index (χ1) is 20.0. The quantitative estimate of drug-likeness (QED) is 0.297. The number of anilines is 2. The second-order valence-electron chi connectivity index (χ2n) is 9.85. The van der Waals surface area contributed by atoms with E-state index in [1.165, 1.54) is 4.68 Å². The number of hydrogen-bond acceptors (Lipinski definition) is 9. The van der Waals surface area contributed by atoms with E-state index in [0.717, 1.165) is 22.5 Å². The number of carbonyl (C=O) groups excluding carboxylic acids is 1. The van der Waals surface area contributed by atoms with Crippen LogP contribution in [0.5, 0.6) is 0 Å². The summed E-state index contributed by atoms with van der Waals surface area (Å²) in [5.41, 5.74) is 4.64. The molecule has 6 rings (SSSR count). The molecule has 220 valence electrons. The molecule has 14 nitrogen and oxygen atoms in total. The number of nitrogens with zero attached hydrogens (tertiary/aromatic N) is 6. The van der Waals surface area contributed by atoms with E-state index in [1.807, 2.05) is 31.2 Å². The van der Waals surface area contributed by atoms with E-state index in [-0.39, 0.29) is 17.5 Å². The number of morpholine rings is 1. The molecule has 3 aromatic heterocycles. The van der Waals surface area contributed by atoms with Gasteiger partial charge < -0.3 is 19.9 Å². The van der Waals surface area contributed by atoms with E-state index in [4.69, 9.17) is 19.3 Å². The Morgan fingerprint density at radius 2 is 1.86 bits per heavy atom. The summed E-state index contributed by atoms with van der Waals surface area (Å²) >= 11 is 0. The molecular weight excluding hydrogens is 564 g/mol. The lowest BCUT2D eigenvalue weighted by Crippen LogP contribution is -2.38. The minimum absolute atomic E-state index is 0.249. The van der Waals surface area contributed by atoms with Crippen molar-refractivity contribution in [3.8, 4) is 17.2 Å². The third-order valence-electron chi connectivity index (χ3n) is 6.51. The van der Waals surface area contributed by atoms with Gasteiger partial charge in [0.15, 0.2) is 0 Å². The number of fused-ring (bicyclic) bond motifs is 1. The summed E-state index contributed by atoms with van der Waals surface area (Å²) < 4.78 is 32.8. The first-order valence-electron chi connectivity index (χ1n) is 13.1. The highest BCUT2D eigenvalue weighted by atomic mass is 32.2. The van der Waals surface area contributed by atoms with E-state index in [2.05, 4.69) is 20.3 Å². The number of aryl methyl sites for hydroxylation is 1. The topological polar surface area (TPSA) is 176 Å². The van der Waals surface area contributed by atoms with Gasteiger partial charge in [-0.05, 0) is 30.7 Å². The molecule has 0 atom stereocenters. The Kier molecular flexibility index (Phi) is 8.33. The highest BCUT2D eigenvalue weighted by Gasteiger charge is 2.31. The Morgan fingerprint density at radius 1 is 1.10 bits per heavy atom. The van der Waals surface area contributed by atoms with Gasteiger partial charge in [-0.3, -0.25) is 19.4 Å². The fraction of sp³-hybridized carbons (Fsp3) is 0.296. The number of H-pyrrole nitrogens is 1. The zero-order valence-corrected chi connectivity index (χ0v) is 23.8. The molecule has 2 aliphatic heterocycles. The monoisotopic (exact) mass is 594 g/mol. The average Bonchev–Trinajstić information content (AvgIpc) is 3.56. The van der Waals surface area contributed by atoms with Crippen molar-refractivity contribution in [1.82, 2.24) is 29.6 Å². The van der Waals surface area contributed by atoms with Crippen molar-refractivity contribution < 1.29 is 22.5 Å². The number of urea groups is 1. The maximum absolute atomic E-state index is 13.0. The molecule has 1 saturated heterocycles. The molecule has 3 N–H and O–H groups in total. The number of rotatable bonds is 4. The summed E-state index contributed by atoms with van der Waals surface area (Å²) in [6, 6.07) is 12.8. The number of carbonyl (C=O) groups is 1. The van der Waals surface area contributed by atoms with Crippen LogP contribution in [0.2, 0.25) is 0 Å². The van der Waals surface area contributed by atoms with Gasteiger partial charge in [-0.15, -0.1) is 0 Å². The number of aromatic nitrogens is 5. The lowest BCUT2D eigenvalue weighted by Gasteiger charge is -2.29. The van der Waals surface area contributed by atoms with Crippen molar-refractivity contribution >= 4 is 27.7 Å². The van der Waals surface area contributed by atoms with Gasteiger partial charge in [-0.25, -0.2) is 9.78 Å². The van der Waals surface area contributed by atoms with E-state index in [0.29, 0.717) is 62.7 Å². The maximum atomic E-state index is 13.0. The second kappa shape index (κ2) is 12.1. The molecule has 2 aliphatic rings. The van der Waals surface area contributed by atoms with Crippen LogP contribution in [0.3, 0.4) is 0 Å². The second-order valence-corrected chi connectivity index (χ2v) is 11.3. The summed E-state index contributed by atoms with van der Waals surface area (Å²) in [7, 11) is -3.67. The highest BCUT2D eigenvalue weighted by molar-refractivity contribution is 7.85. The first-order valence-corrected chi connectivity index (χ1v) is 14.9. The summed E-state index contributed by atoms with van der Waals surface area (Å²) in [4.78, 5) is 43.4. The van der Waals surface area contributed by atoms with Gasteiger partial charge in [0, 0.05) is 30.9 Å². The van der Waals surface area contributed by atoms with Crippen molar-refractivity contribution in [3.05, 3.63) is 82.0 Å². The number of ether oxygens (including phenoxy) is 1. The minimum atomic E-state index is -3.67. The lowest BCUT2D eigenvalue weighted by atomic mass is 10.1. The van der Waals surface area contributed by atoms with Crippen molar-refractivity contribution in [1.29, 1.82) is 0 Å². The van der Waals surface area contributed by atoms with Gasteiger partial charge in [0.25, 0.3) is 21.6 Å². The van der Waals surface area contributed by atoms with Crippen LogP contribution in [0.15, 0.2) is 59.7 Å². The fourth-order valence-corrected chi connectivity index (χ4v) is 4.65. The van der Waals surface area contributed by atoms with Crippen molar-refractivity contribution in [2.45, 2.75) is 20.0 Å². The fourth-order valence-electron chi connectivity index (χ4n) is 4.65. The zero-order chi connectivity index (χ0) is 29.9. The van der Waals surface area contributed by atoms with Gasteiger partial charge in [0.2, 0.25) is 0 Å². The number of nitrogens with one attached hydrogen (secondary N) is 2. The summed E-state index contributed by atoms with van der Waals surface area (Å²) in [5.74, 6) is 0.970. The van der Waals surface area contributed by atoms with Gasteiger partial charge in [-0.2, -0.15) is 18.1 Å². The number of benzene rings is 1. The zero-order valence-electron chi connectivity index (χ0n) is 23.0. The van der Waals surface area contributed by atoms with Gasteiger partial charge in [0.1, 0.15) is 5.82 Å². The first kappa shape index (κ1) is 28.9. The van der Waals surface area contributed by atoms with E-state index >= 15 is 0 Å². The summed E-state index contributed by atoms with van der Waals surface area (Å²) in [5, 5.41) is 6.05. The van der Waals surface area contributed by atoms with Gasteiger partial charge in [-0.1, -0.05) is 23.8 Å². The predicted molar refractivity (Wildman–Crippen MR) is 155 cm³/mol. The van der Waals surface area contributed by atoms with Crippen LogP contribution in [0.25, 0.3) is 17.2 Å². The van der Waals surface area contributed by atoms with Crippen molar-refractivity contribution in [3.63, 3.8) is 0 Å². The third-order valence-corrected chi connectivity index (χ3v) is 6.51. The van der Waals surface area contributed by atoms with E-state index in [1.54, 1.807) is 35.5 Å². The molecule has 0 spiro atoms. The molecule has 4 aromatic rings. The van der Waals surface area contributed by atoms with Crippen LogP contribution >= 0.6 is 0 Å². The van der Waals surface area contributed by atoms with Crippen LogP contribution in [-0.4, -0.2) is 81.2 Å². The van der Waals surface area contributed by atoms with Gasteiger partial charge >= 0.3 is 6.03 Å². The molecule has 0 aliphatic carbocycles. The standard InChI is InChI=1S/C26H26N8O3.CH4O3S/c1-17-4-2-5-18(12-17)21-13-23(35)34(31-21)25-29-22-16-33(26(36)28-19-6-3-7-27-14-19)15-20(22)24(30-25)32-8-10-37-11-9-32;1-5(2,3)4/h2-7,12-14,31H,8-11,15-16H2,1H3,(H,28,36);1H3,(H,2,3,4). The molecule has 0 saturated carbocycles. The predicted octanol–water partition coefficient (Wildman–Crippen LogP) is 2.21. The summed E-state index contributed by atoms with van der Waals surface area (Å²) in [6.07, 6.45) is 3.97. The lowest BCUT2D eigenvalue weighted by molar-refractivity contribution is 0.122. The van der Waals surface area contributed by atoms with Crippen molar-refractivity contribution in [2.24, 2.45) is 0 Å². The number of aromatic amines is 1. The van der Waals surface area contributed by atoms with E-state index in [9.17, 15) is 18.0 Å². The molecule has 1 aromatic carbocycles. The summed E-state index contributed by atoms with van der Waals surface area (Å²) in [6.45, 7) is 5.17. The van der Waals surface area contributed by atoms with Crippen LogP contribution in [0, 0.1) is 6.92 Å². The molecule has 42 heavy (non-hydrogen) atoms. The van der Waals surface area contributed by atoms with Crippen LogP contribution in [0.1, 0.15) is 16.8 Å². The molecular formula is C27H30N8O6S. The number of hydrogen-bond donors (Lipinski definition) is 3. The van der Waals surface area contributed by atoms with Crippen molar-refractivity contribution in [2.75, 3.05) is 42.8 Å². The van der Waals surface area contributed by atoms with Crippen LogP contribution < -0.4 is 15.8 Å². The number of pyridine rings is 1. The smallest absolute Gasteiger partial charge is 0.322 e. The SMILES string of the molecule is CS(=O)(=O)O.Cc1cccc(-c2cc(=O)n(-c3nc4c(c(N5CCOCC5)n3)CN(C(=O)Nc3cccnc3)C4)[nH]2)c1. The molecule has 15 heteroatoms. The Bertz CT molecular complexity index is 1740. The largest absolute Gasteiger partial charge is 0.378 e. The third kappa shape index (κ3) is 6.99. The Hall–Kier alpha value is -4.60. The van der Waals surface area contributed by atoms with Crippen LogP contribution in [-0.2, 0) is 27.9 Å². The molecule has 2 amide bonds. The molecule has 0 unspecified atom stereocenters. The van der Waals surface area contributed by atoms with E-state index < -0.39 is 10.1 Å². The Balaban J connectivity index is 0.000000652.